The average molecular weight is 326 g/mol. The largest absolute Gasteiger partial charge is 0.467 e. The summed E-state index contributed by atoms with van der Waals surface area (Å²) in [4.78, 5) is 15.2. The third kappa shape index (κ3) is 2.54. The molecular weight excluding hydrogens is 308 g/mol. The van der Waals surface area contributed by atoms with E-state index in [0.717, 1.165) is 42.8 Å². The maximum atomic E-state index is 10.4. The molecule has 0 aliphatic carbocycles. The van der Waals surface area contributed by atoms with E-state index in [1.165, 1.54) is 0 Å². The molecule has 4 heterocycles. The van der Waals surface area contributed by atoms with Crippen LogP contribution in [0.4, 0.5) is 5.82 Å². The number of aromatic nitrogens is 3. The van der Waals surface area contributed by atoms with E-state index in [1.54, 1.807) is 23.0 Å². The van der Waals surface area contributed by atoms with Gasteiger partial charge in [-0.3, -0.25) is 0 Å². The molecule has 0 aromatic carbocycles. The highest BCUT2D eigenvalue weighted by Crippen LogP contribution is 2.30. The Bertz CT molecular complexity index is 878. The van der Waals surface area contributed by atoms with Crippen molar-refractivity contribution in [3.8, 4) is 11.1 Å². The van der Waals surface area contributed by atoms with Gasteiger partial charge < -0.3 is 15.5 Å². The van der Waals surface area contributed by atoms with Gasteiger partial charge in [0.15, 0.2) is 5.65 Å². The van der Waals surface area contributed by atoms with Crippen molar-refractivity contribution in [1.82, 2.24) is 19.9 Å². The summed E-state index contributed by atoms with van der Waals surface area (Å²) in [6.45, 7) is 1.97. The Morgan fingerprint density at radius 2 is 2.38 bits per heavy atom. The monoisotopic (exact) mass is 326 g/mol. The molecule has 124 valence electrons. The molecular formula is C16H18N6O2. The van der Waals surface area contributed by atoms with Crippen molar-refractivity contribution >= 4 is 11.5 Å². The third-order valence-corrected chi connectivity index (χ3v) is 4.42. The van der Waals surface area contributed by atoms with Crippen LogP contribution < -0.4 is 11.1 Å². The molecule has 0 spiro atoms. The van der Waals surface area contributed by atoms with E-state index >= 15 is 0 Å². The average Bonchev–Trinajstić information content (AvgIpc) is 3.23. The normalized spacial score (nSPS) is 18.1. The van der Waals surface area contributed by atoms with E-state index < -0.39 is 0 Å². The number of hydrogen-bond donors (Lipinski definition) is 2. The van der Waals surface area contributed by atoms with Crippen LogP contribution in [0.15, 0.2) is 34.2 Å². The number of anilines is 1. The van der Waals surface area contributed by atoms with E-state index in [4.69, 9.17) is 15.1 Å². The quantitative estimate of drug-likeness (QED) is 0.712. The van der Waals surface area contributed by atoms with E-state index in [-0.39, 0.29) is 6.54 Å². The molecule has 4 rings (SSSR count). The molecule has 1 aliphatic rings. The Morgan fingerprint density at radius 3 is 3.17 bits per heavy atom. The minimum Gasteiger partial charge on any atom is -0.467 e. The second-order valence-corrected chi connectivity index (χ2v) is 6.03. The number of nitrogens with two attached hydrogens (primary N) is 1. The molecule has 1 atom stereocenters. The van der Waals surface area contributed by atoms with Crippen LogP contribution >= 0.6 is 0 Å². The summed E-state index contributed by atoms with van der Waals surface area (Å²) in [6, 6.07) is 3.68. The van der Waals surface area contributed by atoms with Crippen molar-refractivity contribution in [1.29, 1.82) is 0 Å². The van der Waals surface area contributed by atoms with Crippen LogP contribution in [-0.2, 0) is 6.54 Å². The number of rotatable bonds is 4. The molecule has 1 unspecified atom stereocenters. The number of fused-ring (bicyclic) bond motifs is 1. The minimum absolute atomic E-state index is 0.00771. The van der Waals surface area contributed by atoms with Crippen molar-refractivity contribution in [3.63, 3.8) is 0 Å². The van der Waals surface area contributed by atoms with Crippen molar-refractivity contribution in [3.05, 3.63) is 41.0 Å². The first kappa shape index (κ1) is 14.8. The SMILES string of the molecule is Nc1cc(C2CCCNC2)nc2c(-c3coc(CN=O)c3)cnn12. The van der Waals surface area contributed by atoms with Gasteiger partial charge in [-0.1, -0.05) is 5.18 Å². The van der Waals surface area contributed by atoms with E-state index in [1.807, 2.05) is 6.07 Å². The van der Waals surface area contributed by atoms with Gasteiger partial charge in [0.2, 0.25) is 0 Å². The number of hydrogen-bond acceptors (Lipinski definition) is 7. The van der Waals surface area contributed by atoms with E-state index in [2.05, 4.69) is 15.6 Å². The molecule has 0 bridgehead atoms. The Morgan fingerprint density at radius 1 is 1.46 bits per heavy atom. The van der Waals surface area contributed by atoms with Crippen LogP contribution in [-0.4, -0.2) is 27.7 Å². The van der Waals surface area contributed by atoms with Crippen molar-refractivity contribution < 1.29 is 4.42 Å². The predicted octanol–water partition coefficient (Wildman–Crippen LogP) is 2.30. The topological polar surface area (TPSA) is 111 Å². The second-order valence-electron chi connectivity index (χ2n) is 6.03. The molecule has 1 aliphatic heterocycles. The second kappa shape index (κ2) is 6.04. The number of nitroso groups, excluding NO2 is 1. The van der Waals surface area contributed by atoms with Crippen LogP contribution in [0.2, 0.25) is 0 Å². The van der Waals surface area contributed by atoms with Crippen molar-refractivity contribution in [2.45, 2.75) is 25.3 Å². The summed E-state index contributed by atoms with van der Waals surface area (Å²) in [5.41, 5.74) is 9.48. The molecule has 0 radical (unpaired) electrons. The lowest BCUT2D eigenvalue weighted by molar-refractivity contribution is 0.455. The fraction of sp³-hybridized carbons (Fsp3) is 0.375. The summed E-state index contributed by atoms with van der Waals surface area (Å²) in [5, 5.41) is 10.6. The number of piperidine rings is 1. The van der Waals surface area contributed by atoms with E-state index in [9.17, 15) is 4.91 Å². The first-order valence-electron chi connectivity index (χ1n) is 7.98. The van der Waals surface area contributed by atoms with Gasteiger partial charge in [-0.05, 0) is 25.5 Å². The maximum Gasteiger partial charge on any atom is 0.165 e. The minimum atomic E-state index is 0.00771. The Kier molecular flexibility index (Phi) is 3.73. The summed E-state index contributed by atoms with van der Waals surface area (Å²) in [7, 11) is 0. The van der Waals surface area contributed by atoms with Gasteiger partial charge in [-0.2, -0.15) is 14.5 Å². The lowest BCUT2D eigenvalue weighted by Gasteiger charge is -2.22. The fourth-order valence-electron chi connectivity index (χ4n) is 3.19. The summed E-state index contributed by atoms with van der Waals surface area (Å²) < 4.78 is 6.98. The Balaban J connectivity index is 1.78. The molecule has 8 nitrogen and oxygen atoms in total. The zero-order valence-electron chi connectivity index (χ0n) is 13.1. The van der Waals surface area contributed by atoms with Gasteiger partial charge in [-0.15, -0.1) is 0 Å². The van der Waals surface area contributed by atoms with Gasteiger partial charge in [0.25, 0.3) is 0 Å². The molecule has 0 amide bonds. The zero-order valence-corrected chi connectivity index (χ0v) is 13.1. The molecule has 1 fully saturated rings. The Labute approximate surface area is 138 Å². The molecule has 0 saturated carbocycles. The fourth-order valence-corrected chi connectivity index (χ4v) is 3.19. The van der Waals surface area contributed by atoms with Crippen molar-refractivity contribution in [2.75, 3.05) is 18.8 Å². The molecule has 3 N–H and O–H groups in total. The Hall–Kier alpha value is -2.74. The van der Waals surface area contributed by atoms with Gasteiger partial charge in [-0.25, -0.2) is 4.98 Å². The highest BCUT2D eigenvalue weighted by atomic mass is 16.3. The van der Waals surface area contributed by atoms with Gasteiger partial charge in [0, 0.05) is 29.7 Å². The standard InChI is InChI=1S/C16H18N6O2/c17-15-5-14(10-2-1-3-18-6-10)21-16-13(8-19-22(15)16)11-4-12(7-20-23)24-9-11/h4-5,8-10,18H,1-3,6-7,17H2. The van der Waals surface area contributed by atoms with E-state index in [0.29, 0.717) is 23.1 Å². The smallest absolute Gasteiger partial charge is 0.165 e. The maximum absolute atomic E-state index is 10.4. The van der Waals surface area contributed by atoms with Crippen LogP contribution in [0.5, 0.6) is 0 Å². The molecule has 3 aromatic rings. The van der Waals surface area contributed by atoms with Crippen LogP contribution in [0.25, 0.3) is 16.8 Å². The third-order valence-electron chi connectivity index (χ3n) is 4.42. The van der Waals surface area contributed by atoms with Crippen molar-refractivity contribution in [2.24, 2.45) is 5.18 Å². The number of nitrogens with one attached hydrogen (secondary N) is 1. The summed E-state index contributed by atoms with van der Waals surface area (Å²) >= 11 is 0. The van der Waals surface area contributed by atoms with Gasteiger partial charge in [0.1, 0.15) is 18.1 Å². The van der Waals surface area contributed by atoms with Crippen LogP contribution in [0.1, 0.15) is 30.2 Å². The molecule has 3 aromatic heterocycles. The molecule has 24 heavy (non-hydrogen) atoms. The first-order chi connectivity index (χ1) is 11.8. The zero-order chi connectivity index (χ0) is 16.5. The molecule has 8 heteroatoms. The lowest BCUT2D eigenvalue weighted by Crippen LogP contribution is -2.29. The van der Waals surface area contributed by atoms with Gasteiger partial charge in [0.05, 0.1) is 18.2 Å². The number of nitrogen functional groups attached to an aromatic ring is 1. The lowest BCUT2D eigenvalue weighted by atomic mass is 9.96. The number of nitrogens with zero attached hydrogens (tertiary/aromatic N) is 4. The van der Waals surface area contributed by atoms with Crippen LogP contribution in [0, 0.1) is 4.91 Å². The highest BCUT2D eigenvalue weighted by Gasteiger charge is 2.20. The highest BCUT2D eigenvalue weighted by molar-refractivity contribution is 5.77. The van der Waals surface area contributed by atoms with Gasteiger partial charge >= 0.3 is 0 Å². The van der Waals surface area contributed by atoms with Crippen LogP contribution in [0.3, 0.4) is 0 Å². The summed E-state index contributed by atoms with van der Waals surface area (Å²) in [6.07, 6.45) is 5.53. The predicted molar refractivity (Wildman–Crippen MR) is 89.4 cm³/mol. The first-order valence-corrected chi connectivity index (χ1v) is 7.98. The summed E-state index contributed by atoms with van der Waals surface area (Å²) in [5.74, 6) is 1.43. The number of furan rings is 1. The molecule has 1 saturated heterocycles.